The van der Waals surface area contributed by atoms with Gasteiger partial charge >= 0.3 is 11.8 Å². The number of imide groups is 1. The summed E-state index contributed by atoms with van der Waals surface area (Å²) >= 11 is 0. The van der Waals surface area contributed by atoms with Gasteiger partial charge in [-0.05, 0) is 51.8 Å². The molecule has 1 unspecified atom stereocenters. The van der Waals surface area contributed by atoms with E-state index in [4.69, 9.17) is 9.47 Å². The molecule has 182 valence electrons. The zero-order chi connectivity index (χ0) is 24.9. The van der Waals surface area contributed by atoms with E-state index in [1.54, 1.807) is 46.0 Å². The Hall–Kier alpha value is -3.58. The summed E-state index contributed by atoms with van der Waals surface area (Å²) in [5.41, 5.74) is 1.12. The molecule has 1 aromatic heterocycles. The molecule has 2 aromatic rings. The number of amides is 3. The lowest BCUT2D eigenvalue weighted by molar-refractivity contribution is -0.135. The van der Waals surface area contributed by atoms with Crippen molar-refractivity contribution < 1.29 is 23.9 Å². The zero-order valence-corrected chi connectivity index (χ0v) is 19.9. The molecule has 1 fully saturated rings. The smallest absolute Gasteiger partial charge is 0.407 e. The van der Waals surface area contributed by atoms with Gasteiger partial charge < -0.3 is 14.8 Å². The number of carbonyl (C=O) groups is 3. The molecule has 3 rings (SSSR count). The van der Waals surface area contributed by atoms with E-state index in [0.29, 0.717) is 36.2 Å². The second-order valence-corrected chi connectivity index (χ2v) is 9.02. The molecule has 1 aliphatic rings. The average molecular weight is 471 g/mol. The summed E-state index contributed by atoms with van der Waals surface area (Å²) in [4.78, 5) is 48.1. The van der Waals surface area contributed by atoms with Crippen LogP contribution in [-0.4, -0.2) is 52.4 Å². The van der Waals surface area contributed by atoms with Gasteiger partial charge in [0.05, 0.1) is 11.0 Å². The number of imidazole rings is 1. The average Bonchev–Trinajstić information content (AvgIpc) is 2.99. The van der Waals surface area contributed by atoms with Gasteiger partial charge in [0.15, 0.2) is 0 Å². The lowest BCUT2D eigenvalue weighted by atomic mass is 10.1. The second-order valence-electron chi connectivity index (χ2n) is 9.02. The van der Waals surface area contributed by atoms with Crippen molar-refractivity contribution in [2.75, 3.05) is 19.8 Å². The molecule has 2 heterocycles. The molecule has 0 saturated carbocycles. The fraction of sp³-hybridized carbons (Fsp3) is 0.500. The Morgan fingerprint density at radius 3 is 2.71 bits per heavy atom. The van der Waals surface area contributed by atoms with Crippen molar-refractivity contribution in [3.8, 4) is 11.8 Å². The van der Waals surface area contributed by atoms with E-state index in [-0.39, 0.29) is 31.0 Å². The molecule has 2 N–H and O–H groups in total. The third-order valence-electron chi connectivity index (χ3n) is 5.15. The minimum absolute atomic E-state index is 0.194. The molecule has 0 aliphatic carbocycles. The lowest BCUT2D eigenvalue weighted by Gasteiger charge is -2.21. The van der Waals surface area contributed by atoms with E-state index < -0.39 is 23.6 Å². The Labute approximate surface area is 197 Å². The van der Waals surface area contributed by atoms with E-state index >= 15 is 0 Å². The van der Waals surface area contributed by atoms with Crippen molar-refractivity contribution in [1.29, 1.82) is 0 Å². The number of piperidine rings is 1. The number of nitrogens with one attached hydrogen (secondary N) is 2. The predicted molar refractivity (Wildman–Crippen MR) is 125 cm³/mol. The van der Waals surface area contributed by atoms with Gasteiger partial charge in [0.25, 0.3) is 0 Å². The van der Waals surface area contributed by atoms with Crippen molar-refractivity contribution in [2.45, 2.75) is 51.7 Å². The quantitative estimate of drug-likeness (QED) is 0.376. The number of carbonyl (C=O) groups excluding carboxylic acids is 3. The first-order chi connectivity index (χ1) is 16.1. The molecule has 10 nitrogen and oxygen atoms in total. The number of hydrogen-bond acceptors (Lipinski definition) is 6. The molecule has 0 bridgehead atoms. The molecule has 0 radical (unpaired) electrons. The maximum atomic E-state index is 12.8. The first kappa shape index (κ1) is 25.1. The molecular formula is C24H30N4O6. The molecule has 0 spiro atoms. The summed E-state index contributed by atoms with van der Waals surface area (Å²) in [6, 6.07) is 4.61. The van der Waals surface area contributed by atoms with Crippen LogP contribution in [-0.2, 0) is 26.1 Å². The Morgan fingerprint density at radius 2 is 2.00 bits per heavy atom. The van der Waals surface area contributed by atoms with Gasteiger partial charge in [-0.25, -0.2) is 9.59 Å². The van der Waals surface area contributed by atoms with Gasteiger partial charge in [0.1, 0.15) is 18.2 Å². The second kappa shape index (κ2) is 10.6. The van der Waals surface area contributed by atoms with Crippen LogP contribution in [0.25, 0.3) is 11.0 Å². The van der Waals surface area contributed by atoms with Crippen LogP contribution in [0.5, 0.6) is 0 Å². The van der Waals surface area contributed by atoms with Crippen LogP contribution in [0.3, 0.4) is 0 Å². The highest BCUT2D eigenvalue weighted by Gasteiger charge is 2.31. The normalized spacial score (nSPS) is 16.1. The fourth-order valence-electron chi connectivity index (χ4n) is 3.61. The number of hydrogen-bond donors (Lipinski definition) is 2. The summed E-state index contributed by atoms with van der Waals surface area (Å²) in [7, 11) is 1.64. The van der Waals surface area contributed by atoms with Crippen molar-refractivity contribution in [2.24, 2.45) is 7.05 Å². The highest BCUT2D eigenvalue weighted by molar-refractivity contribution is 6.00. The van der Waals surface area contributed by atoms with Crippen molar-refractivity contribution >= 4 is 28.9 Å². The number of benzene rings is 1. The molecular weight excluding hydrogens is 440 g/mol. The maximum absolute atomic E-state index is 12.8. The van der Waals surface area contributed by atoms with Crippen LogP contribution in [0, 0.1) is 11.8 Å². The number of nitrogens with zero attached hydrogens (tertiary/aromatic N) is 2. The first-order valence-electron chi connectivity index (χ1n) is 11.1. The summed E-state index contributed by atoms with van der Waals surface area (Å²) in [6.45, 7) is 6.52. The molecule has 10 heteroatoms. The van der Waals surface area contributed by atoms with Gasteiger partial charge in [0.2, 0.25) is 11.8 Å². The monoisotopic (exact) mass is 470 g/mol. The molecule has 1 saturated heterocycles. The van der Waals surface area contributed by atoms with Crippen molar-refractivity contribution in [1.82, 2.24) is 19.8 Å². The minimum atomic E-state index is -0.718. The van der Waals surface area contributed by atoms with Crippen molar-refractivity contribution in [3.63, 3.8) is 0 Å². The topological polar surface area (TPSA) is 121 Å². The van der Waals surface area contributed by atoms with Crippen LogP contribution in [0.2, 0.25) is 0 Å². The van der Waals surface area contributed by atoms with Gasteiger partial charge in [-0.1, -0.05) is 11.8 Å². The van der Waals surface area contributed by atoms with Crippen LogP contribution < -0.4 is 16.3 Å². The van der Waals surface area contributed by atoms with Gasteiger partial charge in [-0.2, -0.15) is 0 Å². The van der Waals surface area contributed by atoms with Gasteiger partial charge in [0, 0.05) is 32.2 Å². The summed E-state index contributed by atoms with van der Waals surface area (Å²) in [5.74, 6) is 5.15. The highest BCUT2D eigenvalue weighted by Crippen LogP contribution is 2.23. The Bertz CT molecular complexity index is 1210. The fourth-order valence-corrected chi connectivity index (χ4v) is 3.61. The lowest BCUT2D eigenvalue weighted by Crippen LogP contribution is -2.44. The number of aromatic nitrogens is 2. The Kier molecular flexibility index (Phi) is 7.79. The number of alkyl carbamates (subject to hydrolysis) is 1. The van der Waals surface area contributed by atoms with E-state index in [1.165, 1.54) is 9.13 Å². The zero-order valence-electron chi connectivity index (χ0n) is 19.9. The number of fused-ring (bicyclic) bond motifs is 1. The third kappa shape index (κ3) is 6.26. The highest BCUT2D eigenvalue weighted by atomic mass is 16.6. The van der Waals surface area contributed by atoms with Crippen LogP contribution in [0.15, 0.2) is 23.0 Å². The summed E-state index contributed by atoms with van der Waals surface area (Å²) < 4.78 is 13.5. The molecule has 3 amide bonds. The number of rotatable bonds is 6. The van der Waals surface area contributed by atoms with Gasteiger partial charge in [-0.15, -0.1) is 0 Å². The van der Waals surface area contributed by atoms with Crippen LogP contribution in [0.1, 0.15) is 51.6 Å². The van der Waals surface area contributed by atoms with Crippen molar-refractivity contribution in [3.05, 3.63) is 34.2 Å². The van der Waals surface area contributed by atoms with E-state index in [9.17, 15) is 19.2 Å². The Balaban J connectivity index is 1.55. The Morgan fingerprint density at radius 1 is 1.24 bits per heavy atom. The van der Waals surface area contributed by atoms with E-state index in [0.717, 1.165) is 0 Å². The molecule has 1 aromatic carbocycles. The number of ether oxygens (including phenoxy) is 2. The molecule has 1 atom stereocenters. The molecule has 1 aliphatic heterocycles. The van der Waals surface area contributed by atoms with Gasteiger partial charge in [-0.3, -0.25) is 24.0 Å². The van der Waals surface area contributed by atoms with Crippen LogP contribution >= 0.6 is 0 Å². The predicted octanol–water partition coefficient (Wildman–Crippen LogP) is 1.60. The summed E-state index contributed by atoms with van der Waals surface area (Å²) in [6.07, 6.45) is 0.655. The standard InChI is InChI=1S/C24H30N4O6/c1-24(2,3)34-22(31)25-12-6-14-33-13-5-7-16-8-9-17-19(15-16)27(4)23(32)28(17)18-10-11-20(29)26-21(18)30/h8-9,15,18H,6,10-14H2,1-4H3,(H,25,31)(H,26,29,30). The maximum Gasteiger partial charge on any atom is 0.407 e. The first-order valence-corrected chi connectivity index (χ1v) is 11.1. The van der Waals surface area contributed by atoms with Crippen LogP contribution in [0.4, 0.5) is 4.79 Å². The third-order valence-corrected chi connectivity index (χ3v) is 5.15. The largest absolute Gasteiger partial charge is 0.444 e. The van der Waals surface area contributed by atoms with E-state index in [2.05, 4.69) is 22.5 Å². The van der Waals surface area contributed by atoms with E-state index in [1.807, 2.05) is 0 Å². The molecule has 34 heavy (non-hydrogen) atoms. The minimum Gasteiger partial charge on any atom is -0.444 e. The summed E-state index contributed by atoms with van der Waals surface area (Å²) in [5, 5.41) is 4.96. The number of aryl methyl sites for hydroxylation is 1. The SMILES string of the molecule is Cn1c(=O)n(C2CCC(=O)NC2=O)c2ccc(C#CCOCCCNC(=O)OC(C)(C)C)cc21.